The molecule has 0 radical (unpaired) electrons. The molecule has 7 N–H and O–H groups in total. The lowest BCUT2D eigenvalue weighted by atomic mass is 10.0. The quantitative estimate of drug-likeness (QED) is 0.153. The number of carboxylic acid groups (broad SMARTS) is 2. The van der Waals surface area contributed by atoms with E-state index in [0.29, 0.717) is 19.4 Å². The molecule has 0 saturated heterocycles. The molecule has 0 rings (SSSR count). The van der Waals surface area contributed by atoms with Crippen LogP contribution in [0.2, 0.25) is 0 Å². The van der Waals surface area contributed by atoms with Gasteiger partial charge in [-0.25, -0.2) is 0 Å². The smallest absolute Gasteiger partial charge is 0.325 e. The molecule has 33 heavy (non-hydrogen) atoms. The van der Waals surface area contributed by atoms with Crippen LogP contribution in [0.25, 0.3) is 0 Å². The lowest BCUT2D eigenvalue weighted by Gasteiger charge is -2.08. The van der Waals surface area contributed by atoms with Crippen molar-refractivity contribution in [3.63, 3.8) is 0 Å². The van der Waals surface area contributed by atoms with Gasteiger partial charge in [-0.3, -0.25) is 14.4 Å². The van der Waals surface area contributed by atoms with Gasteiger partial charge in [-0.1, -0.05) is 90.4 Å². The van der Waals surface area contributed by atoms with Gasteiger partial charge in [0.15, 0.2) is 0 Å². The third-order valence-corrected chi connectivity index (χ3v) is 5.54. The second-order valence-corrected chi connectivity index (χ2v) is 8.85. The Morgan fingerprint density at radius 3 is 1.58 bits per heavy atom. The van der Waals surface area contributed by atoms with Crippen molar-refractivity contribution < 1.29 is 24.6 Å². The maximum Gasteiger partial charge on any atom is 0.325 e. The van der Waals surface area contributed by atoms with Crippen LogP contribution in [0.1, 0.15) is 123 Å². The molecule has 0 aliphatic heterocycles. The lowest BCUT2D eigenvalue weighted by Crippen LogP contribution is -2.38. The Bertz CT molecular complexity index is 489. The highest BCUT2D eigenvalue weighted by Gasteiger charge is 2.13. The molecule has 2 atom stereocenters. The normalized spacial score (nSPS) is 12.4. The lowest BCUT2D eigenvalue weighted by molar-refractivity contribution is -0.141. The van der Waals surface area contributed by atoms with Crippen LogP contribution in [-0.4, -0.2) is 46.7 Å². The first kappa shape index (κ1) is 33.5. The second kappa shape index (κ2) is 25.0. The summed E-state index contributed by atoms with van der Waals surface area (Å²) in [6.07, 6.45) is 19.2. The third kappa shape index (κ3) is 26.5. The summed E-state index contributed by atoms with van der Waals surface area (Å²) in [7, 11) is 0. The Morgan fingerprint density at radius 2 is 1.18 bits per heavy atom. The van der Waals surface area contributed by atoms with Gasteiger partial charge >= 0.3 is 11.9 Å². The molecule has 196 valence electrons. The maximum absolute atomic E-state index is 11.5. The number of rotatable bonds is 21. The third-order valence-electron chi connectivity index (χ3n) is 5.54. The van der Waals surface area contributed by atoms with Crippen LogP contribution < -0.4 is 16.8 Å². The van der Waals surface area contributed by atoms with E-state index in [-0.39, 0.29) is 5.91 Å². The average molecular weight is 474 g/mol. The van der Waals surface area contributed by atoms with Gasteiger partial charge in [0.2, 0.25) is 5.91 Å². The number of hydrogen-bond acceptors (Lipinski definition) is 5. The molecule has 0 unspecified atom stereocenters. The van der Waals surface area contributed by atoms with Crippen LogP contribution in [0.4, 0.5) is 0 Å². The van der Waals surface area contributed by atoms with E-state index in [4.69, 9.17) is 21.7 Å². The van der Waals surface area contributed by atoms with Crippen molar-refractivity contribution in [1.82, 2.24) is 5.32 Å². The van der Waals surface area contributed by atoms with Gasteiger partial charge in [0.25, 0.3) is 0 Å². The topological polar surface area (TPSA) is 156 Å². The molecule has 0 aliphatic rings. The summed E-state index contributed by atoms with van der Waals surface area (Å²) in [5.74, 6) is -2.07. The van der Waals surface area contributed by atoms with Crippen molar-refractivity contribution in [2.45, 2.75) is 135 Å². The Balaban J connectivity index is 0. The Labute approximate surface area is 201 Å². The van der Waals surface area contributed by atoms with Gasteiger partial charge in [-0.15, -0.1) is 0 Å². The summed E-state index contributed by atoms with van der Waals surface area (Å²) in [6, 6.07) is -1.50. The number of hydrogen-bond donors (Lipinski definition) is 5. The number of carbonyl (C=O) groups is 3. The molecular weight excluding hydrogens is 422 g/mol. The van der Waals surface area contributed by atoms with Crippen molar-refractivity contribution in [1.29, 1.82) is 0 Å². The molecule has 0 aromatic carbocycles. The number of aliphatic carboxylic acids is 2. The molecule has 0 aliphatic carbocycles. The summed E-state index contributed by atoms with van der Waals surface area (Å²) in [6.45, 7) is 4.35. The molecule has 0 bridgehead atoms. The van der Waals surface area contributed by atoms with Gasteiger partial charge < -0.3 is 27.0 Å². The summed E-state index contributed by atoms with van der Waals surface area (Å²) >= 11 is 0. The van der Waals surface area contributed by atoms with E-state index in [0.717, 1.165) is 25.7 Å². The van der Waals surface area contributed by atoms with Gasteiger partial charge in [-0.2, -0.15) is 0 Å². The molecular formula is C25H51N3O5. The fourth-order valence-electron chi connectivity index (χ4n) is 3.31. The average Bonchev–Trinajstić information content (AvgIpc) is 2.77. The summed E-state index contributed by atoms with van der Waals surface area (Å²) in [4.78, 5) is 32.2. The highest BCUT2D eigenvalue weighted by molar-refractivity contribution is 5.83. The molecule has 0 fully saturated rings. The first-order valence-electron chi connectivity index (χ1n) is 13.0. The number of unbranched alkanes of at least 4 members (excludes halogenated alkanes) is 13. The number of carboxylic acids is 2. The van der Waals surface area contributed by atoms with Crippen molar-refractivity contribution >= 4 is 17.8 Å². The molecule has 0 aromatic heterocycles. The predicted molar refractivity (Wildman–Crippen MR) is 134 cm³/mol. The predicted octanol–water partition coefficient (Wildman–Crippen LogP) is 4.58. The highest BCUT2D eigenvalue weighted by atomic mass is 16.4. The summed E-state index contributed by atoms with van der Waals surface area (Å²) < 4.78 is 0. The number of amides is 1. The van der Waals surface area contributed by atoms with Gasteiger partial charge in [0, 0.05) is 6.42 Å². The van der Waals surface area contributed by atoms with E-state index in [1.165, 1.54) is 77.6 Å². The van der Waals surface area contributed by atoms with Crippen LogP contribution in [0.15, 0.2) is 0 Å². The monoisotopic (exact) mass is 473 g/mol. The molecule has 8 nitrogen and oxygen atoms in total. The fraction of sp³-hybridized carbons (Fsp3) is 0.880. The van der Waals surface area contributed by atoms with Gasteiger partial charge in [0.1, 0.15) is 12.1 Å². The maximum atomic E-state index is 11.5. The largest absolute Gasteiger partial charge is 0.480 e. The van der Waals surface area contributed by atoms with Crippen LogP contribution in [0, 0.1) is 0 Å². The first-order valence-corrected chi connectivity index (χ1v) is 13.0. The zero-order valence-corrected chi connectivity index (χ0v) is 21.2. The zero-order valence-electron chi connectivity index (χ0n) is 21.2. The molecule has 0 heterocycles. The number of nitrogens with one attached hydrogen (secondary N) is 1. The fourth-order valence-corrected chi connectivity index (χ4v) is 3.31. The second-order valence-electron chi connectivity index (χ2n) is 8.85. The minimum atomic E-state index is -0.983. The van der Waals surface area contributed by atoms with E-state index < -0.39 is 24.0 Å². The Morgan fingerprint density at radius 1 is 0.727 bits per heavy atom. The first-order chi connectivity index (χ1) is 15.8. The number of carbonyl (C=O) groups excluding carboxylic acids is 1. The van der Waals surface area contributed by atoms with Crippen LogP contribution >= 0.6 is 0 Å². The van der Waals surface area contributed by atoms with Crippen LogP contribution in [0.3, 0.4) is 0 Å². The highest BCUT2D eigenvalue weighted by Crippen LogP contribution is 2.12. The van der Waals surface area contributed by atoms with Gasteiger partial charge in [-0.05, 0) is 32.7 Å². The van der Waals surface area contributed by atoms with Gasteiger partial charge in [0.05, 0.1) is 0 Å². The number of nitrogens with two attached hydrogens (primary N) is 2. The molecule has 1 amide bonds. The zero-order chi connectivity index (χ0) is 25.3. The van der Waals surface area contributed by atoms with E-state index >= 15 is 0 Å². The molecule has 0 spiro atoms. The molecule has 0 aromatic rings. The van der Waals surface area contributed by atoms with Crippen molar-refractivity contribution in [3.8, 4) is 0 Å². The van der Waals surface area contributed by atoms with E-state index in [1.54, 1.807) is 0 Å². The minimum absolute atomic E-state index is 0.150. The Hall–Kier alpha value is -1.67. The molecule has 0 saturated carbocycles. The van der Waals surface area contributed by atoms with Crippen molar-refractivity contribution in [2.24, 2.45) is 11.5 Å². The molecule has 8 heteroatoms. The van der Waals surface area contributed by atoms with E-state index in [9.17, 15) is 14.4 Å². The van der Waals surface area contributed by atoms with Crippen molar-refractivity contribution in [2.75, 3.05) is 6.54 Å². The van der Waals surface area contributed by atoms with Crippen molar-refractivity contribution in [3.05, 3.63) is 0 Å². The Kier molecular flexibility index (Phi) is 25.3. The summed E-state index contributed by atoms with van der Waals surface area (Å²) in [5.41, 5.74) is 10.4. The standard InChI is InChI=1S/C19H37NO3.C6H14N2O2/c1-3-4-5-6-7-8-9-10-11-12-13-14-15-16-18(21)20-17(2)19(22)23;7-4-2-1-3-5(8)6(9)10/h17H,3-16H2,1-2H3,(H,20,21)(H,22,23);5H,1-4,7-8H2,(H,9,10)/t17-;5-/m00/s1. The van der Waals surface area contributed by atoms with E-state index in [1.807, 2.05) is 0 Å². The van der Waals surface area contributed by atoms with Crippen LogP contribution in [-0.2, 0) is 14.4 Å². The van der Waals surface area contributed by atoms with E-state index in [2.05, 4.69) is 12.2 Å². The summed E-state index contributed by atoms with van der Waals surface area (Å²) in [5, 5.41) is 19.5. The SMILES string of the molecule is CCCCCCCCCCCCCCCC(=O)N[C@@H](C)C(=O)O.NCCCC[C@H](N)C(=O)O. The minimum Gasteiger partial charge on any atom is -0.480 e. The van der Waals surface area contributed by atoms with Crippen LogP contribution in [0.5, 0.6) is 0 Å².